The molecule has 4 rings (SSSR count). The molecular formula is C23H21F3N4O3. The molecule has 1 aliphatic rings. The van der Waals surface area contributed by atoms with Gasteiger partial charge in [0.1, 0.15) is 0 Å². The lowest BCUT2D eigenvalue weighted by atomic mass is 10.1. The van der Waals surface area contributed by atoms with Gasteiger partial charge < -0.3 is 15.4 Å². The van der Waals surface area contributed by atoms with Crippen molar-refractivity contribution in [3.8, 4) is 11.4 Å². The lowest BCUT2D eigenvalue weighted by Crippen LogP contribution is -2.25. The predicted molar refractivity (Wildman–Crippen MR) is 113 cm³/mol. The molecule has 0 saturated heterocycles. The van der Waals surface area contributed by atoms with Gasteiger partial charge >= 0.3 is 6.18 Å². The van der Waals surface area contributed by atoms with E-state index in [0.717, 1.165) is 35.2 Å². The maximum Gasteiger partial charge on any atom is 0.416 e. The molecular weight excluding hydrogens is 437 g/mol. The molecule has 0 unspecified atom stereocenters. The molecule has 10 heteroatoms. The number of carbonyl (C=O) groups is 2. The van der Waals surface area contributed by atoms with Crippen LogP contribution in [-0.2, 0) is 12.7 Å². The SMILES string of the molecule is COc1cn(-c2cccc(C(F)(F)F)c2)nc1C(=O)NCc1ccc(C(=O)NC2CC2)cc1. The molecule has 0 radical (unpaired) electrons. The van der Waals surface area contributed by atoms with Crippen molar-refractivity contribution >= 4 is 11.8 Å². The zero-order chi connectivity index (χ0) is 23.6. The van der Waals surface area contributed by atoms with Crippen molar-refractivity contribution in [3.63, 3.8) is 0 Å². The zero-order valence-electron chi connectivity index (χ0n) is 17.6. The Bertz CT molecular complexity index is 1170. The quantitative estimate of drug-likeness (QED) is 0.565. The number of carbonyl (C=O) groups excluding carboxylic acids is 2. The Hall–Kier alpha value is -3.82. The van der Waals surface area contributed by atoms with Crippen molar-refractivity contribution in [1.82, 2.24) is 20.4 Å². The van der Waals surface area contributed by atoms with Crippen LogP contribution >= 0.6 is 0 Å². The van der Waals surface area contributed by atoms with Crippen LogP contribution in [0.1, 0.15) is 44.8 Å². The van der Waals surface area contributed by atoms with Gasteiger partial charge in [0, 0.05) is 18.2 Å². The Kier molecular flexibility index (Phi) is 6.08. The summed E-state index contributed by atoms with van der Waals surface area (Å²) < 4.78 is 45.4. The molecule has 172 valence electrons. The van der Waals surface area contributed by atoms with Crippen LogP contribution in [0.25, 0.3) is 5.69 Å². The van der Waals surface area contributed by atoms with E-state index in [4.69, 9.17) is 4.74 Å². The number of halogens is 3. The molecule has 0 atom stereocenters. The molecule has 2 aromatic carbocycles. The van der Waals surface area contributed by atoms with Gasteiger partial charge in [-0.1, -0.05) is 18.2 Å². The average molecular weight is 458 g/mol. The number of nitrogens with one attached hydrogen (secondary N) is 2. The minimum absolute atomic E-state index is 0.0599. The molecule has 0 aliphatic heterocycles. The zero-order valence-corrected chi connectivity index (χ0v) is 17.6. The fourth-order valence-corrected chi connectivity index (χ4v) is 3.16. The summed E-state index contributed by atoms with van der Waals surface area (Å²) in [6.45, 7) is 0.170. The average Bonchev–Trinajstić information content (AvgIpc) is 3.51. The van der Waals surface area contributed by atoms with Gasteiger partial charge in [0.2, 0.25) is 0 Å². The second-order valence-corrected chi connectivity index (χ2v) is 7.67. The summed E-state index contributed by atoms with van der Waals surface area (Å²) in [7, 11) is 1.34. The molecule has 1 fully saturated rings. The number of aromatic nitrogens is 2. The van der Waals surface area contributed by atoms with Gasteiger partial charge in [0.05, 0.1) is 24.6 Å². The normalized spacial score (nSPS) is 13.5. The van der Waals surface area contributed by atoms with E-state index in [0.29, 0.717) is 5.56 Å². The van der Waals surface area contributed by atoms with Gasteiger partial charge in [-0.15, -0.1) is 0 Å². The predicted octanol–water partition coefficient (Wildman–Crippen LogP) is 3.72. The van der Waals surface area contributed by atoms with E-state index < -0.39 is 17.6 Å². The number of benzene rings is 2. The third-order valence-electron chi connectivity index (χ3n) is 5.14. The van der Waals surface area contributed by atoms with Crippen molar-refractivity contribution in [1.29, 1.82) is 0 Å². The highest BCUT2D eigenvalue weighted by Gasteiger charge is 2.31. The van der Waals surface area contributed by atoms with Crippen LogP contribution in [0, 0.1) is 0 Å². The summed E-state index contributed by atoms with van der Waals surface area (Å²) in [6.07, 6.45) is -1.15. The minimum atomic E-state index is -4.50. The van der Waals surface area contributed by atoms with E-state index in [1.165, 1.54) is 25.4 Å². The van der Waals surface area contributed by atoms with Gasteiger partial charge in [-0.3, -0.25) is 9.59 Å². The highest BCUT2D eigenvalue weighted by Crippen LogP contribution is 2.30. The number of ether oxygens (including phenoxy) is 1. The van der Waals surface area contributed by atoms with Gasteiger partial charge in [0.25, 0.3) is 11.8 Å². The van der Waals surface area contributed by atoms with Crippen molar-refractivity contribution in [2.45, 2.75) is 31.6 Å². The summed E-state index contributed by atoms with van der Waals surface area (Å²) in [4.78, 5) is 24.7. The first-order chi connectivity index (χ1) is 15.7. The van der Waals surface area contributed by atoms with Crippen LogP contribution in [0.2, 0.25) is 0 Å². The number of methoxy groups -OCH3 is 1. The second kappa shape index (κ2) is 8.97. The highest BCUT2D eigenvalue weighted by molar-refractivity contribution is 5.95. The summed E-state index contributed by atoms with van der Waals surface area (Å²) in [6, 6.07) is 11.7. The van der Waals surface area contributed by atoms with E-state index in [-0.39, 0.29) is 35.6 Å². The van der Waals surface area contributed by atoms with E-state index >= 15 is 0 Å². The van der Waals surface area contributed by atoms with Crippen LogP contribution in [-0.4, -0.2) is 34.7 Å². The van der Waals surface area contributed by atoms with Gasteiger partial charge in [0.15, 0.2) is 11.4 Å². The number of nitrogens with zero attached hydrogens (tertiary/aromatic N) is 2. The standard InChI is InChI=1S/C23H21F3N4O3/c1-33-19-13-30(18-4-2-3-16(11-18)23(24,25)26)29-20(19)22(32)27-12-14-5-7-15(8-6-14)21(31)28-17-9-10-17/h2-8,11,13,17H,9-10,12H2,1H3,(H,27,32)(H,28,31). The molecule has 1 aliphatic carbocycles. The number of hydrogen-bond donors (Lipinski definition) is 2. The van der Waals surface area contributed by atoms with E-state index in [1.54, 1.807) is 24.3 Å². The van der Waals surface area contributed by atoms with Crippen LogP contribution < -0.4 is 15.4 Å². The smallest absolute Gasteiger partial charge is 0.416 e. The van der Waals surface area contributed by atoms with Crippen molar-refractivity contribution < 1.29 is 27.5 Å². The maximum atomic E-state index is 13.0. The van der Waals surface area contributed by atoms with Crippen molar-refractivity contribution in [3.05, 3.63) is 77.1 Å². The van der Waals surface area contributed by atoms with Crippen LogP contribution in [0.4, 0.5) is 13.2 Å². The van der Waals surface area contributed by atoms with E-state index in [9.17, 15) is 22.8 Å². The highest BCUT2D eigenvalue weighted by atomic mass is 19.4. The van der Waals surface area contributed by atoms with Crippen LogP contribution in [0.5, 0.6) is 5.75 Å². The first-order valence-corrected chi connectivity index (χ1v) is 10.2. The largest absolute Gasteiger partial charge is 0.493 e. The van der Waals surface area contributed by atoms with Crippen molar-refractivity contribution in [2.75, 3.05) is 7.11 Å². The number of rotatable bonds is 7. The Labute approximate surface area is 187 Å². The Morgan fingerprint density at radius 1 is 1.12 bits per heavy atom. The molecule has 1 heterocycles. The molecule has 2 N–H and O–H groups in total. The molecule has 2 amide bonds. The van der Waals surface area contributed by atoms with Crippen molar-refractivity contribution in [2.24, 2.45) is 0 Å². The Morgan fingerprint density at radius 3 is 2.48 bits per heavy atom. The Morgan fingerprint density at radius 2 is 1.85 bits per heavy atom. The first kappa shape index (κ1) is 22.4. The molecule has 0 spiro atoms. The van der Waals surface area contributed by atoms with Gasteiger partial charge in [-0.25, -0.2) is 4.68 Å². The summed E-state index contributed by atoms with van der Waals surface area (Å²) in [5, 5.41) is 9.73. The molecule has 3 aromatic rings. The molecule has 0 bridgehead atoms. The third kappa shape index (κ3) is 5.33. The summed E-state index contributed by atoms with van der Waals surface area (Å²) in [5.41, 5.74) is 0.563. The minimum Gasteiger partial charge on any atom is -0.493 e. The second-order valence-electron chi connectivity index (χ2n) is 7.67. The molecule has 33 heavy (non-hydrogen) atoms. The monoisotopic (exact) mass is 458 g/mol. The van der Waals surface area contributed by atoms with Crippen LogP contribution in [0.15, 0.2) is 54.7 Å². The summed E-state index contributed by atoms with van der Waals surface area (Å²) >= 11 is 0. The van der Waals surface area contributed by atoms with E-state index in [1.807, 2.05) is 0 Å². The van der Waals surface area contributed by atoms with Gasteiger partial charge in [-0.2, -0.15) is 18.3 Å². The fraction of sp³-hybridized carbons (Fsp3) is 0.261. The fourth-order valence-electron chi connectivity index (χ4n) is 3.16. The Balaban J connectivity index is 1.44. The number of amides is 2. The molecule has 1 aromatic heterocycles. The lowest BCUT2D eigenvalue weighted by Gasteiger charge is -2.08. The topological polar surface area (TPSA) is 85.2 Å². The lowest BCUT2D eigenvalue weighted by molar-refractivity contribution is -0.137. The third-order valence-corrected chi connectivity index (χ3v) is 5.14. The van der Waals surface area contributed by atoms with Crippen LogP contribution in [0.3, 0.4) is 0 Å². The maximum absolute atomic E-state index is 13.0. The number of hydrogen-bond acceptors (Lipinski definition) is 4. The molecule has 1 saturated carbocycles. The van der Waals surface area contributed by atoms with Gasteiger partial charge in [-0.05, 0) is 48.7 Å². The number of alkyl halides is 3. The summed E-state index contributed by atoms with van der Waals surface area (Å²) in [5.74, 6) is -0.553. The molecule has 7 nitrogen and oxygen atoms in total. The first-order valence-electron chi connectivity index (χ1n) is 10.2. The van der Waals surface area contributed by atoms with E-state index in [2.05, 4.69) is 15.7 Å².